The fraction of sp³-hybridized carbons (Fsp3) is 0.600. The number of hydrogen-bond donors (Lipinski definition) is 0. The van der Waals surface area contributed by atoms with Gasteiger partial charge in [-0.25, -0.2) is 22.0 Å². The van der Waals surface area contributed by atoms with E-state index < -0.39 is 34.6 Å². The van der Waals surface area contributed by atoms with Crippen molar-refractivity contribution in [3.63, 3.8) is 0 Å². The van der Waals surface area contributed by atoms with Gasteiger partial charge < -0.3 is 0 Å². The zero-order valence-electron chi connectivity index (χ0n) is 12.7. The monoisotopic (exact) mass is 328 g/mol. The molecule has 1 rings (SSSR count). The highest BCUT2D eigenvalue weighted by molar-refractivity contribution is 7.98. The second-order valence-electron chi connectivity index (χ2n) is 4.99. The van der Waals surface area contributed by atoms with Crippen molar-refractivity contribution in [3.8, 4) is 0 Å². The molecule has 0 nitrogen and oxygen atoms in total. The summed E-state index contributed by atoms with van der Waals surface area (Å²) in [5.41, 5.74) is -0.749. The molecule has 0 N–H and O–H groups in total. The highest BCUT2D eigenvalue weighted by Gasteiger charge is 2.25. The number of thioether (sulfide) groups is 1. The largest absolute Gasteiger partial charge is 0.203 e. The van der Waals surface area contributed by atoms with Crippen LogP contribution in [-0.4, -0.2) is 12.0 Å². The minimum atomic E-state index is -2.11. The van der Waals surface area contributed by atoms with E-state index >= 15 is 0 Å². The summed E-state index contributed by atoms with van der Waals surface area (Å²) in [6.07, 6.45) is 4.67. The first-order valence-electron chi connectivity index (χ1n) is 6.77. The van der Waals surface area contributed by atoms with Crippen molar-refractivity contribution in [2.24, 2.45) is 5.92 Å². The van der Waals surface area contributed by atoms with E-state index in [0.29, 0.717) is 0 Å². The summed E-state index contributed by atoms with van der Waals surface area (Å²) in [4.78, 5) is 0. The number of benzene rings is 1. The molecule has 0 fully saturated rings. The van der Waals surface area contributed by atoms with Crippen molar-refractivity contribution in [2.75, 3.05) is 12.0 Å². The standard InChI is InChI=1S/C10H9F5.C5H12S/c1-4(2)3-5-6(11)8(13)10(15)9(14)7(5)12;1-3-4-5-6-2/h4H,3H2,1-2H3;3-5H2,1-2H3. The first-order chi connectivity index (χ1) is 9.77. The molecule has 0 saturated heterocycles. The average molecular weight is 328 g/mol. The van der Waals surface area contributed by atoms with Crippen LogP contribution in [0.15, 0.2) is 0 Å². The zero-order chi connectivity index (χ0) is 16.6. The Bertz CT molecular complexity index is 413. The maximum atomic E-state index is 13.0. The lowest BCUT2D eigenvalue weighted by atomic mass is 10.0. The Hall–Kier alpha value is -0.780. The van der Waals surface area contributed by atoms with Gasteiger partial charge in [-0.2, -0.15) is 11.8 Å². The maximum Gasteiger partial charge on any atom is 0.200 e. The molecule has 0 aliphatic heterocycles. The van der Waals surface area contributed by atoms with E-state index in [2.05, 4.69) is 13.2 Å². The van der Waals surface area contributed by atoms with E-state index in [0.717, 1.165) is 0 Å². The molecule has 0 atom stereocenters. The quantitative estimate of drug-likeness (QED) is 0.288. The summed E-state index contributed by atoms with van der Waals surface area (Å²) in [5, 5.41) is 0. The lowest BCUT2D eigenvalue weighted by Gasteiger charge is -2.09. The SMILES string of the molecule is CC(C)Cc1c(F)c(F)c(F)c(F)c1F.CCCCSC. The van der Waals surface area contributed by atoms with Crippen molar-refractivity contribution in [2.45, 2.75) is 40.0 Å². The summed E-state index contributed by atoms with van der Waals surface area (Å²) >= 11 is 1.93. The van der Waals surface area contributed by atoms with Gasteiger partial charge in [0.15, 0.2) is 23.3 Å². The Labute approximate surface area is 127 Å². The van der Waals surface area contributed by atoms with Crippen molar-refractivity contribution in [1.82, 2.24) is 0 Å². The summed E-state index contributed by atoms with van der Waals surface area (Å²) in [6.45, 7) is 5.46. The zero-order valence-corrected chi connectivity index (χ0v) is 13.5. The van der Waals surface area contributed by atoms with Crippen LogP contribution in [0, 0.1) is 35.0 Å². The summed E-state index contributed by atoms with van der Waals surface area (Å²) < 4.78 is 64.1. The topological polar surface area (TPSA) is 0 Å². The third-order valence-corrected chi connectivity index (χ3v) is 3.31. The second-order valence-corrected chi connectivity index (χ2v) is 5.98. The fourth-order valence-corrected chi connectivity index (χ4v) is 2.10. The van der Waals surface area contributed by atoms with Gasteiger partial charge in [-0.15, -0.1) is 0 Å². The smallest absolute Gasteiger partial charge is 0.200 e. The Morgan fingerprint density at radius 3 is 1.57 bits per heavy atom. The fourth-order valence-electron chi connectivity index (χ4n) is 1.53. The van der Waals surface area contributed by atoms with Crippen LogP contribution in [-0.2, 0) is 6.42 Å². The minimum absolute atomic E-state index is 0.189. The van der Waals surface area contributed by atoms with E-state index in [9.17, 15) is 22.0 Å². The number of unbranched alkanes of at least 4 members (excludes halogenated alkanes) is 1. The van der Waals surface area contributed by atoms with Gasteiger partial charge in [-0.3, -0.25) is 0 Å². The first kappa shape index (κ1) is 20.2. The van der Waals surface area contributed by atoms with Crippen LogP contribution in [0.1, 0.15) is 39.2 Å². The van der Waals surface area contributed by atoms with E-state index in [1.165, 1.54) is 18.6 Å². The molecule has 0 amide bonds. The lowest BCUT2D eigenvalue weighted by Crippen LogP contribution is -2.09. The van der Waals surface area contributed by atoms with Gasteiger partial charge in [0.25, 0.3) is 0 Å². The molecule has 1 aromatic rings. The average Bonchev–Trinajstić information content (AvgIpc) is 2.46. The molecule has 0 aromatic heterocycles. The molecule has 122 valence electrons. The molecule has 1 aromatic carbocycles. The van der Waals surface area contributed by atoms with Crippen LogP contribution in [0.4, 0.5) is 22.0 Å². The molecule has 21 heavy (non-hydrogen) atoms. The van der Waals surface area contributed by atoms with Crippen LogP contribution in [0.25, 0.3) is 0 Å². The molecule has 6 heteroatoms. The van der Waals surface area contributed by atoms with E-state index in [4.69, 9.17) is 0 Å². The van der Waals surface area contributed by atoms with Gasteiger partial charge in [0.2, 0.25) is 5.82 Å². The van der Waals surface area contributed by atoms with Crippen LogP contribution < -0.4 is 0 Å². The molecule has 0 unspecified atom stereocenters. The maximum absolute atomic E-state index is 13.0. The molecule has 0 bridgehead atoms. The normalized spacial score (nSPS) is 10.6. The Morgan fingerprint density at radius 1 is 0.857 bits per heavy atom. The van der Waals surface area contributed by atoms with E-state index in [1.54, 1.807) is 13.8 Å². The second kappa shape index (κ2) is 10.0. The predicted molar refractivity (Wildman–Crippen MR) is 78.1 cm³/mol. The van der Waals surface area contributed by atoms with Crippen molar-refractivity contribution >= 4 is 11.8 Å². The molecule has 0 heterocycles. The molecule has 0 radical (unpaired) electrons. The Balaban J connectivity index is 0.000000567. The van der Waals surface area contributed by atoms with Crippen LogP contribution in [0.2, 0.25) is 0 Å². The number of halogens is 5. The lowest BCUT2D eigenvalue weighted by molar-refractivity contribution is 0.366. The molecule has 0 aliphatic rings. The van der Waals surface area contributed by atoms with Gasteiger partial charge in [-0.1, -0.05) is 27.2 Å². The van der Waals surface area contributed by atoms with Gasteiger partial charge in [0.1, 0.15) is 0 Å². The summed E-state index contributed by atoms with van der Waals surface area (Å²) in [5.74, 6) is -8.22. The van der Waals surface area contributed by atoms with Gasteiger partial charge in [0, 0.05) is 5.56 Å². The molecule has 0 spiro atoms. The van der Waals surface area contributed by atoms with Crippen molar-refractivity contribution < 1.29 is 22.0 Å². The Morgan fingerprint density at radius 2 is 1.29 bits per heavy atom. The highest BCUT2D eigenvalue weighted by atomic mass is 32.2. The molecule has 0 aliphatic carbocycles. The van der Waals surface area contributed by atoms with Gasteiger partial charge in [0.05, 0.1) is 0 Å². The van der Waals surface area contributed by atoms with Crippen molar-refractivity contribution in [3.05, 3.63) is 34.6 Å². The van der Waals surface area contributed by atoms with Crippen LogP contribution in [0.3, 0.4) is 0 Å². The van der Waals surface area contributed by atoms with Crippen molar-refractivity contribution in [1.29, 1.82) is 0 Å². The van der Waals surface area contributed by atoms with Crippen LogP contribution in [0.5, 0.6) is 0 Å². The predicted octanol–water partition coefficient (Wildman–Crippen LogP) is 5.73. The van der Waals surface area contributed by atoms with Gasteiger partial charge in [-0.05, 0) is 30.8 Å². The van der Waals surface area contributed by atoms with E-state index in [-0.39, 0.29) is 12.3 Å². The number of hydrogen-bond acceptors (Lipinski definition) is 1. The third kappa shape index (κ3) is 6.24. The highest BCUT2D eigenvalue weighted by Crippen LogP contribution is 2.24. The van der Waals surface area contributed by atoms with Crippen LogP contribution >= 0.6 is 11.8 Å². The molecule has 0 saturated carbocycles. The third-order valence-electron chi connectivity index (χ3n) is 2.62. The molecular formula is C15H21F5S. The number of rotatable bonds is 5. The first-order valence-corrected chi connectivity index (χ1v) is 8.16. The summed E-state index contributed by atoms with van der Waals surface area (Å²) in [6, 6.07) is 0. The van der Waals surface area contributed by atoms with E-state index in [1.807, 2.05) is 11.8 Å². The van der Waals surface area contributed by atoms with Gasteiger partial charge >= 0.3 is 0 Å². The Kier molecular flexibility index (Phi) is 9.66. The molecular weight excluding hydrogens is 307 g/mol. The summed E-state index contributed by atoms with van der Waals surface area (Å²) in [7, 11) is 0. The minimum Gasteiger partial charge on any atom is -0.203 e.